The summed E-state index contributed by atoms with van der Waals surface area (Å²) in [6, 6.07) is 0. The Balaban J connectivity index is 1.77. The third kappa shape index (κ3) is 2.83. The number of hydrogen-bond donors (Lipinski definition) is 1. The summed E-state index contributed by atoms with van der Waals surface area (Å²) >= 11 is 0. The average molecular weight is 225 g/mol. The minimum atomic E-state index is -0.0656. The lowest BCUT2D eigenvalue weighted by molar-refractivity contribution is -0.129. The molecule has 3 nitrogen and oxygen atoms in total. The number of hydrogen-bond acceptors (Lipinski definition) is 3. The summed E-state index contributed by atoms with van der Waals surface area (Å²) in [6.07, 6.45) is 6.30. The molecule has 0 aromatic carbocycles. The van der Waals surface area contributed by atoms with Gasteiger partial charge in [-0.25, -0.2) is 0 Å². The van der Waals surface area contributed by atoms with Crippen molar-refractivity contribution < 1.29 is 9.53 Å². The Morgan fingerprint density at radius 2 is 2.19 bits per heavy atom. The van der Waals surface area contributed by atoms with Gasteiger partial charge in [0.05, 0.1) is 6.10 Å². The van der Waals surface area contributed by atoms with Crippen LogP contribution in [0.15, 0.2) is 0 Å². The summed E-state index contributed by atoms with van der Waals surface area (Å²) in [5.74, 6) is 0.449. The molecule has 0 aromatic heterocycles. The average Bonchev–Trinajstić information content (AvgIpc) is 2.79. The van der Waals surface area contributed by atoms with Crippen molar-refractivity contribution in [2.24, 2.45) is 5.41 Å². The molecule has 16 heavy (non-hydrogen) atoms. The molecule has 2 aliphatic rings. The van der Waals surface area contributed by atoms with Gasteiger partial charge >= 0.3 is 0 Å². The number of ketones is 1. The second kappa shape index (κ2) is 5.28. The van der Waals surface area contributed by atoms with E-state index in [9.17, 15) is 4.79 Å². The number of nitrogens with one attached hydrogen (secondary N) is 1. The molecule has 2 heterocycles. The fourth-order valence-corrected chi connectivity index (χ4v) is 2.72. The van der Waals surface area contributed by atoms with Gasteiger partial charge in [0.1, 0.15) is 5.78 Å². The number of ether oxygens (including phenoxy) is 1. The standard InChI is InChI=1S/C13H23NO2/c1-13(6-8-14-9-7-13)12(15)5-4-11-3-2-10-16-11/h11,14H,2-10H2,1H3. The van der Waals surface area contributed by atoms with Crippen LogP contribution in [0.5, 0.6) is 0 Å². The van der Waals surface area contributed by atoms with Crippen molar-refractivity contribution in [2.45, 2.75) is 51.6 Å². The zero-order valence-corrected chi connectivity index (χ0v) is 10.3. The molecule has 2 rings (SSSR count). The second-order valence-corrected chi connectivity index (χ2v) is 5.41. The number of carbonyl (C=O) groups is 1. The summed E-state index contributed by atoms with van der Waals surface area (Å²) < 4.78 is 5.56. The third-order valence-corrected chi connectivity index (χ3v) is 4.10. The van der Waals surface area contributed by atoms with Crippen molar-refractivity contribution in [3.63, 3.8) is 0 Å². The summed E-state index contributed by atoms with van der Waals surface area (Å²) in [6.45, 7) is 5.00. The van der Waals surface area contributed by atoms with Crippen LogP contribution < -0.4 is 5.32 Å². The summed E-state index contributed by atoms with van der Waals surface area (Å²) in [4.78, 5) is 12.2. The predicted molar refractivity (Wildman–Crippen MR) is 63.4 cm³/mol. The number of carbonyl (C=O) groups excluding carboxylic acids is 1. The van der Waals surface area contributed by atoms with E-state index in [1.807, 2.05) is 0 Å². The third-order valence-electron chi connectivity index (χ3n) is 4.10. The molecule has 1 unspecified atom stereocenters. The van der Waals surface area contributed by atoms with Gasteiger partial charge in [0.25, 0.3) is 0 Å². The van der Waals surface area contributed by atoms with Crippen molar-refractivity contribution in [2.75, 3.05) is 19.7 Å². The van der Waals surface area contributed by atoms with Gasteiger partial charge < -0.3 is 10.1 Å². The summed E-state index contributed by atoms with van der Waals surface area (Å²) in [5, 5.41) is 3.32. The van der Waals surface area contributed by atoms with Crippen LogP contribution in [0.2, 0.25) is 0 Å². The normalized spacial score (nSPS) is 29.2. The number of rotatable bonds is 4. The molecule has 0 bridgehead atoms. The first kappa shape index (κ1) is 12.1. The van der Waals surface area contributed by atoms with Crippen molar-refractivity contribution in [1.82, 2.24) is 5.32 Å². The first-order chi connectivity index (χ1) is 7.71. The van der Waals surface area contributed by atoms with Gasteiger partial charge in [-0.1, -0.05) is 6.92 Å². The molecule has 3 heteroatoms. The van der Waals surface area contributed by atoms with Crippen molar-refractivity contribution in [3.8, 4) is 0 Å². The maximum Gasteiger partial charge on any atom is 0.138 e. The molecule has 0 aromatic rings. The van der Waals surface area contributed by atoms with E-state index < -0.39 is 0 Å². The predicted octanol–water partition coefficient (Wildman–Crippen LogP) is 1.90. The quantitative estimate of drug-likeness (QED) is 0.794. The number of Topliss-reactive ketones (excluding diaryl/α,β-unsaturated/α-hetero) is 1. The Labute approximate surface area is 97.9 Å². The first-order valence-corrected chi connectivity index (χ1v) is 6.56. The molecule has 0 amide bonds. The molecular formula is C13H23NO2. The monoisotopic (exact) mass is 225 g/mol. The minimum Gasteiger partial charge on any atom is -0.378 e. The first-order valence-electron chi connectivity index (χ1n) is 6.56. The molecule has 2 aliphatic heterocycles. The van der Waals surface area contributed by atoms with E-state index in [0.717, 1.165) is 45.4 Å². The highest BCUT2D eigenvalue weighted by molar-refractivity contribution is 5.84. The molecule has 0 radical (unpaired) electrons. The van der Waals surface area contributed by atoms with E-state index in [2.05, 4.69) is 12.2 Å². The lowest BCUT2D eigenvalue weighted by Crippen LogP contribution is -2.40. The Bertz CT molecular complexity index is 240. The van der Waals surface area contributed by atoms with E-state index in [1.54, 1.807) is 0 Å². The Hall–Kier alpha value is -0.410. The van der Waals surface area contributed by atoms with Crippen LogP contribution in [0.4, 0.5) is 0 Å². The molecule has 1 N–H and O–H groups in total. The van der Waals surface area contributed by atoms with Gasteiger partial charge in [0.15, 0.2) is 0 Å². The molecule has 2 fully saturated rings. The highest BCUT2D eigenvalue weighted by Gasteiger charge is 2.34. The Kier molecular flexibility index (Phi) is 3.98. The molecule has 0 aliphatic carbocycles. The van der Waals surface area contributed by atoms with Crippen LogP contribution >= 0.6 is 0 Å². The molecular weight excluding hydrogens is 202 g/mol. The van der Waals surface area contributed by atoms with E-state index in [0.29, 0.717) is 18.3 Å². The van der Waals surface area contributed by atoms with E-state index >= 15 is 0 Å². The number of piperidine rings is 1. The van der Waals surface area contributed by atoms with Gasteiger partial charge in [-0.3, -0.25) is 4.79 Å². The topological polar surface area (TPSA) is 38.3 Å². The minimum absolute atomic E-state index is 0.0656. The molecule has 92 valence electrons. The molecule has 1 atom stereocenters. The van der Waals surface area contributed by atoms with E-state index in [1.165, 1.54) is 6.42 Å². The van der Waals surface area contributed by atoms with Gasteiger partial charge in [-0.15, -0.1) is 0 Å². The van der Waals surface area contributed by atoms with Crippen LogP contribution in [0, 0.1) is 5.41 Å². The highest BCUT2D eigenvalue weighted by Crippen LogP contribution is 2.31. The molecule has 0 spiro atoms. The zero-order valence-electron chi connectivity index (χ0n) is 10.3. The van der Waals surface area contributed by atoms with Gasteiger partial charge in [0.2, 0.25) is 0 Å². The van der Waals surface area contributed by atoms with E-state index in [-0.39, 0.29) is 5.41 Å². The van der Waals surface area contributed by atoms with E-state index in [4.69, 9.17) is 4.74 Å². The summed E-state index contributed by atoms with van der Waals surface area (Å²) in [5.41, 5.74) is -0.0656. The maximum atomic E-state index is 12.2. The molecule has 0 saturated carbocycles. The van der Waals surface area contributed by atoms with Crippen LogP contribution in [0.25, 0.3) is 0 Å². The lowest BCUT2D eigenvalue weighted by atomic mass is 9.75. The zero-order chi connectivity index (χ0) is 11.4. The largest absolute Gasteiger partial charge is 0.378 e. The maximum absolute atomic E-state index is 12.2. The van der Waals surface area contributed by atoms with Crippen LogP contribution in [0.3, 0.4) is 0 Å². The summed E-state index contributed by atoms with van der Waals surface area (Å²) in [7, 11) is 0. The smallest absolute Gasteiger partial charge is 0.138 e. The fourth-order valence-electron chi connectivity index (χ4n) is 2.72. The van der Waals surface area contributed by atoms with Crippen molar-refractivity contribution in [1.29, 1.82) is 0 Å². The van der Waals surface area contributed by atoms with Crippen molar-refractivity contribution >= 4 is 5.78 Å². The van der Waals surface area contributed by atoms with Crippen molar-refractivity contribution in [3.05, 3.63) is 0 Å². The molecule has 2 saturated heterocycles. The van der Waals surface area contributed by atoms with Crippen LogP contribution in [0.1, 0.15) is 45.4 Å². The Morgan fingerprint density at radius 3 is 2.81 bits per heavy atom. The van der Waals surface area contributed by atoms with Crippen LogP contribution in [-0.2, 0) is 9.53 Å². The Morgan fingerprint density at radius 1 is 1.44 bits per heavy atom. The van der Waals surface area contributed by atoms with Crippen LogP contribution in [-0.4, -0.2) is 31.6 Å². The van der Waals surface area contributed by atoms with Gasteiger partial charge in [-0.2, -0.15) is 0 Å². The van der Waals surface area contributed by atoms with Gasteiger partial charge in [-0.05, 0) is 45.2 Å². The second-order valence-electron chi connectivity index (χ2n) is 5.41. The fraction of sp³-hybridized carbons (Fsp3) is 0.923. The highest BCUT2D eigenvalue weighted by atomic mass is 16.5. The van der Waals surface area contributed by atoms with Gasteiger partial charge in [0, 0.05) is 18.4 Å². The lowest BCUT2D eigenvalue weighted by Gasteiger charge is -2.32. The SMILES string of the molecule is CC1(C(=O)CCC2CCCO2)CCNCC1.